The molecule has 1 aromatic heterocycles. The molecule has 1 aliphatic heterocycles. The van der Waals surface area contributed by atoms with Crippen LogP contribution >= 0.6 is 0 Å². The van der Waals surface area contributed by atoms with E-state index in [1.807, 2.05) is 6.92 Å². The molecule has 1 aromatic rings. The smallest absolute Gasteiger partial charge is 0.229 e. The average Bonchev–Trinajstić information content (AvgIpc) is 3.22. The van der Waals surface area contributed by atoms with Crippen molar-refractivity contribution in [3.05, 3.63) is 11.7 Å². The van der Waals surface area contributed by atoms with E-state index in [2.05, 4.69) is 17.1 Å². The van der Waals surface area contributed by atoms with Crippen LogP contribution in [-0.4, -0.2) is 41.7 Å². The number of hydrogen-bond acceptors (Lipinski definition) is 5. The molecule has 3 rings (SSSR count). The number of sulfonamides is 1. The lowest BCUT2D eigenvalue weighted by Gasteiger charge is -2.37. The van der Waals surface area contributed by atoms with Crippen LogP contribution in [0, 0.1) is 0 Å². The Bertz CT molecular complexity index is 624. The summed E-state index contributed by atoms with van der Waals surface area (Å²) in [5.74, 6) is 2.06. The fraction of sp³-hybridized carbons (Fsp3) is 0.867. The maximum Gasteiger partial charge on any atom is 0.229 e. The van der Waals surface area contributed by atoms with Gasteiger partial charge in [-0.2, -0.15) is 4.98 Å². The number of nitrogens with zero attached hydrogens (tertiary/aromatic N) is 3. The fourth-order valence-electron chi connectivity index (χ4n) is 3.05. The van der Waals surface area contributed by atoms with E-state index in [1.165, 1.54) is 0 Å². The van der Waals surface area contributed by atoms with E-state index in [9.17, 15) is 8.42 Å². The van der Waals surface area contributed by atoms with Crippen LogP contribution in [0.1, 0.15) is 70.0 Å². The zero-order valence-corrected chi connectivity index (χ0v) is 14.2. The quantitative estimate of drug-likeness (QED) is 0.802. The van der Waals surface area contributed by atoms with E-state index in [1.54, 1.807) is 4.31 Å². The normalized spacial score (nSPS) is 27.2. The highest BCUT2D eigenvalue weighted by Gasteiger charge is 2.41. The van der Waals surface area contributed by atoms with Crippen molar-refractivity contribution < 1.29 is 12.9 Å². The predicted octanol–water partition coefficient (Wildman–Crippen LogP) is 2.43. The van der Waals surface area contributed by atoms with Crippen molar-refractivity contribution in [1.29, 1.82) is 0 Å². The average molecular weight is 327 g/mol. The molecule has 0 spiro atoms. The largest absolute Gasteiger partial charge is 0.339 e. The highest BCUT2D eigenvalue weighted by Crippen LogP contribution is 2.40. The Hall–Kier alpha value is -0.950. The lowest BCUT2D eigenvalue weighted by atomic mass is 9.82. The molecule has 7 heteroatoms. The molecule has 6 nitrogen and oxygen atoms in total. The number of hydrogen-bond donors (Lipinski definition) is 0. The topological polar surface area (TPSA) is 76.3 Å². The molecule has 1 unspecified atom stereocenters. The maximum absolute atomic E-state index is 12.4. The number of rotatable bonds is 6. The SMILES string of the molecule is CCCCS(=O)(=O)N1CCCC(C)(c2noc(C3CC3)n2)C1. The molecule has 0 aromatic carbocycles. The number of aromatic nitrogens is 2. The van der Waals surface area contributed by atoms with Gasteiger partial charge in [-0.15, -0.1) is 0 Å². The second-order valence-corrected chi connectivity index (χ2v) is 8.99. The maximum atomic E-state index is 12.4. The van der Waals surface area contributed by atoms with Gasteiger partial charge in [0.15, 0.2) is 5.82 Å². The van der Waals surface area contributed by atoms with Gasteiger partial charge in [0.1, 0.15) is 0 Å². The third-order valence-electron chi connectivity index (χ3n) is 4.72. The van der Waals surface area contributed by atoms with Crippen LogP contribution < -0.4 is 0 Å². The molecule has 2 aliphatic rings. The van der Waals surface area contributed by atoms with E-state index in [4.69, 9.17) is 4.52 Å². The number of unbranched alkanes of at least 4 members (excludes halogenated alkanes) is 1. The second kappa shape index (κ2) is 5.92. The van der Waals surface area contributed by atoms with Crippen LogP contribution in [-0.2, 0) is 15.4 Å². The highest BCUT2D eigenvalue weighted by atomic mass is 32.2. The van der Waals surface area contributed by atoms with Gasteiger partial charge in [0.2, 0.25) is 15.9 Å². The molecule has 0 N–H and O–H groups in total. The van der Waals surface area contributed by atoms with Gasteiger partial charge in [-0.1, -0.05) is 25.4 Å². The van der Waals surface area contributed by atoms with Crippen molar-refractivity contribution in [3.8, 4) is 0 Å². The molecular formula is C15H25N3O3S. The lowest BCUT2D eigenvalue weighted by Crippen LogP contribution is -2.48. The summed E-state index contributed by atoms with van der Waals surface area (Å²) in [5, 5.41) is 4.14. The minimum atomic E-state index is -3.17. The molecule has 0 radical (unpaired) electrons. The molecule has 0 bridgehead atoms. The first-order valence-electron chi connectivity index (χ1n) is 8.26. The molecule has 1 atom stereocenters. The first-order valence-corrected chi connectivity index (χ1v) is 9.87. The second-order valence-electron chi connectivity index (χ2n) is 6.90. The molecule has 1 saturated carbocycles. The van der Waals surface area contributed by atoms with Crippen LogP contribution in [0.4, 0.5) is 0 Å². The molecule has 2 heterocycles. The van der Waals surface area contributed by atoms with Gasteiger partial charge in [-0.25, -0.2) is 12.7 Å². The zero-order valence-electron chi connectivity index (χ0n) is 13.4. The Morgan fingerprint density at radius 2 is 2.18 bits per heavy atom. The first-order chi connectivity index (χ1) is 10.4. The summed E-state index contributed by atoms with van der Waals surface area (Å²) in [6.07, 6.45) is 5.58. The van der Waals surface area contributed by atoms with E-state index in [0.717, 1.165) is 38.0 Å². The summed E-state index contributed by atoms with van der Waals surface area (Å²) in [7, 11) is -3.17. The van der Waals surface area contributed by atoms with Gasteiger partial charge in [0.25, 0.3) is 0 Å². The standard InChI is InChI=1S/C15H25N3O3S/c1-3-4-10-22(19,20)18-9-5-8-15(2,11-18)14-16-13(21-17-14)12-6-7-12/h12H,3-11H2,1-2H3. The van der Waals surface area contributed by atoms with E-state index < -0.39 is 10.0 Å². The van der Waals surface area contributed by atoms with Crippen molar-refractivity contribution >= 4 is 10.0 Å². The monoisotopic (exact) mass is 327 g/mol. The van der Waals surface area contributed by atoms with Crippen LogP contribution in [0.15, 0.2) is 4.52 Å². The van der Waals surface area contributed by atoms with E-state index >= 15 is 0 Å². The van der Waals surface area contributed by atoms with Gasteiger partial charge in [0.05, 0.1) is 5.75 Å². The Morgan fingerprint density at radius 1 is 1.41 bits per heavy atom. The summed E-state index contributed by atoms with van der Waals surface area (Å²) >= 11 is 0. The molecule has 124 valence electrons. The molecule has 2 fully saturated rings. The van der Waals surface area contributed by atoms with Gasteiger partial charge in [-0.05, 0) is 32.1 Å². The molecule has 22 heavy (non-hydrogen) atoms. The Labute approximate surface area is 132 Å². The van der Waals surface area contributed by atoms with Crippen molar-refractivity contribution in [1.82, 2.24) is 14.4 Å². The third-order valence-corrected chi connectivity index (χ3v) is 6.62. The fourth-order valence-corrected chi connectivity index (χ4v) is 4.85. The van der Waals surface area contributed by atoms with Crippen molar-refractivity contribution in [3.63, 3.8) is 0 Å². The molecule has 1 aliphatic carbocycles. The summed E-state index contributed by atoms with van der Waals surface area (Å²) < 4.78 is 31.9. The minimum absolute atomic E-state index is 0.235. The van der Waals surface area contributed by atoms with E-state index in [-0.39, 0.29) is 11.2 Å². The summed E-state index contributed by atoms with van der Waals surface area (Å²) in [6.45, 7) is 5.13. The predicted molar refractivity (Wildman–Crippen MR) is 83.1 cm³/mol. The molecule has 0 amide bonds. The Morgan fingerprint density at radius 3 is 2.86 bits per heavy atom. The van der Waals surface area contributed by atoms with Crippen molar-refractivity contribution in [2.45, 2.75) is 63.7 Å². The van der Waals surface area contributed by atoms with Crippen molar-refractivity contribution in [2.24, 2.45) is 0 Å². The molecule has 1 saturated heterocycles. The van der Waals surface area contributed by atoms with Crippen LogP contribution in [0.3, 0.4) is 0 Å². The van der Waals surface area contributed by atoms with Gasteiger partial charge in [0, 0.05) is 24.4 Å². The lowest BCUT2D eigenvalue weighted by molar-refractivity contribution is 0.225. The molecular weight excluding hydrogens is 302 g/mol. The van der Waals surface area contributed by atoms with Crippen LogP contribution in [0.5, 0.6) is 0 Å². The van der Waals surface area contributed by atoms with Gasteiger partial charge in [-0.3, -0.25) is 0 Å². The summed E-state index contributed by atoms with van der Waals surface area (Å²) in [6, 6.07) is 0. The first kappa shape index (κ1) is 15.9. The van der Waals surface area contributed by atoms with Crippen LogP contribution in [0.2, 0.25) is 0 Å². The minimum Gasteiger partial charge on any atom is -0.339 e. The number of piperidine rings is 1. The van der Waals surface area contributed by atoms with Crippen LogP contribution in [0.25, 0.3) is 0 Å². The summed E-state index contributed by atoms with van der Waals surface area (Å²) in [5.41, 5.74) is -0.339. The van der Waals surface area contributed by atoms with E-state index in [0.29, 0.717) is 31.3 Å². The third kappa shape index (κ3) is 3.20. The Balaban J connectivity index is 1.75. The Kier molecular flexibility index (Phi) is 4.29. The van der Waals surface area contributed by atoms with Crippen molar-refractivity contribution in [2.75, 3.05) is 18.8 Å². The zero-order chi connectivity index (χ0) is 15.8. The van der Waals surface area contributed by atoms with Gasteiger partial charge >= 0.3 is 0 Å². The summed E-state index contributed by atoms with van der Waals surface area (Å²) in [4.78, 5) is 4.55. The van der Waals surface area contributed by atoms with Gasteiger partial charge < -0.3 is 4.52 Å². The highest BCUT2D eigenvalue weighted by molar-refractivity contribution is 7.89.